The normalized spacial score (nSPS) is 43.0. The van der Waals surface area contributed by atoms with E-state index >= 15 is 0 Å². The van der Waals surface area contributed by atoms with E-state index in [2.05, 4.69) is 41.2 Å². The third kappa shape index (κ3) is 3.58. The van der Waals surface area contributed by atoms with Crippen LogP contribution in [0.2, 0.25) is 0 Å². The maximum absolute atomic E-state index is 10.2. The Morgan fingerprint density at radius 2 is 1.83 bits per heavy atom. The Morgan fingerprint density at radius 3 is 2.55 bits per heavy atom. The van der Waals surface area contributed by atoms with Crippen LogP contribution in [-0.4, -0.2) is 11.2 Å². The zero-order valence-corrected chi connectivity index (χ0v) is 19.9. The molecule has 4 aliphatic rings. The summed E-state index contributed by atoms with van der Waals surface area (Å²) in [5.41, 5.74) is 6.12. The molecule has 0 radical (unpaired) electrons. The van der Waals surface area contributed by atoms with E-state index in [4.69, 9.17) is 0 Å². The Hall–Kier alpha value is -0.560. The van der Waals surface area contributed by atoms with Crippen LogP contribution in [0.25, 0.3) is 0 Å². The van der Waals surface area contributed by atoms with Crippen LogP contribution in [0.4, 0.5) is 0 Å². The number of hydrogen-bond acceptors (Lipinski definition) is 1. The fourth-order valence-electron chi connectivity index (χ4n) is 8.32. The molecule has 1 N–H and O–H groups in total. The molecule has 7 atom stereocenters. The summed E-state index contributed by atoms with van der Waals surface area (Å²) >= 11 is 0. The van der Waals surface area contributed by atoms with Gasteiger partial charge >= 0.3 is 0 Å². The standard InChI is InChI=1S/C28H46O/c1-18(2)19(3)7-8-20(4)24-11-12-25-23-10-9-21-17-22(29)13-15-27(21,5)26(23)14-16-28(24,25)6/h18,20-22,24-25,29H,3,7-17H2,1-2,4-6H3/t20-,21+,22-,24-,25+,27+,28+/m1/s1. The molecule has 0 saturated heterocycles. The van der Waals surface area contributed by atoms with Crippen LogP contribution in [0.5, 0.6) is 0 Å². The van der Waals surface area contributed by atoms with Crippen molar-refractivity contribution in [1.82, 2.24) is 0 Å². The summed E-state index contributed by atoms with van der Waals surface area (Å²) in [6.07, 6.45) is 14.1. The SMILES string of the molecule is C=C(CC[C@@H](C)[C@H]1CC[C@H]2C3=C(CC[C@@]12C)[C@@]1(C)CC[C@@H](O)C[C@@H]1CC3)C(C)C. The van der Waals surface area contributed by atoms with Gasteiger partial charge in [-0.3, -0.25) is 0 Å². The average molecular weight is 399 g/mol. The molecule has 0 unspecified atom stereocenters. The molecule has 4 rings (SSSR count). The van der Waals surface area contributed by atoms with E-state index in [-0.39, 0.29) is 6.10 Å². The molecule has 0 bridgehead atoms. The Kier molecular flexibility index (Phi) is 5.86. The lowest BCUT2D eigenvalue weighted by molar-refractivity contribution is 0.0133. The molecule has 0 spiro atoms. The Balaban J connectivity index is 1.53. The Labute approximate surface area is 180 Å². The van der Waals surface area contributed by atoms with Crippen LogP contribution in [0, 0.1) is 40.4 Å². The monoisotopic (exact) mass is 398 g/mol. The van der Waals surface area contributed by atoms with E-state index in [0.717, 1.165) is 36.5 Å². The van der Waals surface area contributed by atoms with Crippen molar-refractivity contribution < 1.29 is 5.11 Å². The number of aliphatic hydroxyl groups excluding tert-OH is 1. The lowest BCUT2D eigenvalue weighted by Gasteiger charge is -2.55. The van der Waals surface area contributed by atoms with Gasteiger partial charge < -0.3 is 5.11 Å². The predicted molar refractivity (Wildman–Crippen MR) is 124 cm³/mol. The van der Waals surface area contributed by atoms with Gasteiger partial charge in [-0.2, -0.15) is 0 Å². The van der Waals surface area contributed by atoms with Gasteiger partial charge in [-0.05, 0) is 111 Å². The molecular formula is C28H46O. The number of hydrogen-bond donors (Lipinski definition) is 1. The first-order chi connectivity index (χ1) is 13.7. The zero-order chi connectivity index (χ0) is 21.0. The van der Waals surface area contributed by atoms with Gasteiger partial charge in [0.1, 0.15) is 0 Å². The number of aliphatic hydroxyl groups is 1. The van der Waals surface area contributed by atoms with Crippen LogP contribution in [-0.2, 0) is 0 Å². The fourth-order valence-corrected chi connectivity index (χ4v) is 8.32. The van der Waals surface area contributed by atoms with Crippen LogP contribution < -0.4 is 0 Å². The van der Waals surface area contributed by atoms with Crippen molar-refractivity contribution in [2.45, 2.75) is 111 Å². The molecule has 0 heterocycles. The van der Waals surface area contributed by atoms with Gasteiger partial charge in [0.25, 0.3) is 0 Å². The Morgan fingerprint density at radius 1 is 1.07 bits per heavy atom. The molecule has 1 heteroatoms. The first kappa shape index (κ1) is 21.7. The van der Waals surface area contributed by atoms with Crippen molar-refractivity contribution in [3.8, 4) is 0 Å². The number of rotatable bonds is 5. The van der Waals surface area contributed by atoms with E-state index in [9.17, 15) is 5.11 Å². The maximum Gasteiger partial charge on any atom is 0.0543 e. The fraction of sp³-hybridized carbons (Fsp3) is 0.857. The van der Waals surface area contributed by atoms with Crippen LogP contribution in [0.15, 0.2) is 23.3 Å². The van der Waals surface area contributed by atoms with E-state index in [0.29, 0.717) is 16.7 Å². The first-order valence-electron chi connectivity index (χ1n) is 12.7. The highest BCUT2D eigenvalue weighted by atomic mass is 16.3. The minimum atomic E-state index is -0.0404. The molecule has 2 saturated carbocycles. The van der Waals surface area contributed by atoms with Gasteiger partial charge in [-0.25, -0.2) is 0 Å². The molecule has 0 aliphatic heterocycles. The lowest BCUT2D eigenvalue weighted by atomic mass is 9.50. The molecule has 2 fully saturated rings. The van der Waals surface area contributed by atoms with Crippen molar-refractivity contribution in [2.24, 2.45) is 40.4 Å². The highest BCUT2D eigenvalue weighted by molar-refractivity contribution is 5.34. The third-order valence-electron chi connectivity index (χ3n) is 10.5. The quantitative estimate of drug-likeness (QED) is 0.470. The molecular weight excluding hydrogens is 352 g/mol. The highest BCUT2D eigenvalue weighted by Gasteiger charge is 2.55. The topological polar surface area (TPSA) is 20.2 Å². The summed E-state index contributed by atoms with van der Waals surface area (Å²) in [7, 11) is 0. The summed E-state index contributed by atoms with van der Waals surface area (Å²) in [6.45, 7) is 16.7. The van der Waals surface area contributed by atoms with E-state index < -0.39 is 0 Å². The largest absolute Gasteiger partial charge is 0.393 e. The molecule has 29 heavy (non-hydrogen) atoms. The van der Waals surface area contributed by atoms with Crippen molar-refractivity contribution in [3.05, 3.63) is 23.3 Å². The van der Waals surface area contributed by atoms with Gasteiger partial charge in [-0.15, -0.1) is 0 Å². The van der Waals surface area contributed by atoms with Gasteiger partial charge in [0.2, 0.25) is 0 Å². The minimum Gasteiger partial charge on any atom is -0.393 e. The molecule has 0 aromatic carbocycles. The molecule has 4 aliphatic carbocycles. The number of fused-ring (bicyclic) bond motifs is 4. The minimum absolute atomic E-state index is 0.0404. The van der Waals surface area contributed by atoms with E-state index in [1.165, 1.54) is 63.4 Å². The van der Waals surface area contributed by atoms with Crippen LogP contribution in [0.1, 0.15) is 105 Å². The van der Waals surface area contributed by atoms with Gasteiger partial charge in [0.15, 0.2) is 0 Å². The maximum atomic E-state index is 10.2. The second kappa shape index (κ2) is 7.85. The predicted octanol–water partition coefficient (Wildman–Crippen LogP) is 7.70. The summed E-state index contributed by atoms with van der Waals surface area (Å²) in [6, 6.07) is 0. The molecule has 0 aromatic rings. The number of allylic oxidation sites excluding steroid dienone is 3. The Bertz CT molecular complexity index is 672. The van der Waals surface area contributed by atoms with Gasteiger partial charge in [-0.1, -0.05) is 57.9 Å². The molecule has 0 aromatic heterocycles. The van der Waals surface area contributed by atoms with Crippen molar-refractivity contribution in [2.75, 3.05) is 0 Å². The smallest absolute Gasteiger partial charge is 0.0543 e. The van der Waals surface area contributed by atoms with Crippen molar-refractivity contribution in [1.29, 1.82) is 0 Å². The zero-order valence-electron chi connectivity index (χ0n) is 19.9. The second-order valence-electron chi connectivity index (χ2n) is 12.2. The van der Waals surface area contributed by atoms with Crippen molar-refractivity contribution in [3.63, 3.8) is 0 Å². The third-order valence-corrected chi connectivity index (χ3v) is 10.5. The summed E-state index contributed by atoms with van der Waals surface area (Å²) in [5.74, 6) is 3.91. The van der Waals surface area contributed by atoms with Gasteiger partial charge in [0.05, 0.1) is 6.10 Å². The summed E-state index contributed by atoms with van der Waals surface area (Å²) in [5, 5.41) is 10.2. The highest BCUT2D eigenvalue weighted by Crippen LogP contribution is 2.66. The van der Waals surface area contributed by atoms with Crippen LogP contribution >= 0.6 is 0 Å². The van der Waals surface area contributed by atoms with Crippen LogP contribution in [0.3, 0.4) is 0 Å². The second-order valence-corrected chi connectivity index (χ2v) is 12.2. The van der Waals surface area contributed by atoms with Gasteiger partial charge in [0, 0.05) is 0 Å². The summed E-state index contributed by atoms with van der Waals surface area (Å²) in [4.78, 5) is 0. The molecule has 1 nitrogen and oxygen atoms in total. The van der Waals surface area contributed by atoms with E-state index in [1.807, 2.05) is 11.1 Å². The average Bonchev–Trinajstić information content (AvgIpc) is 3.03. The van der Waals surface area contributed by atoms with E-state index in [1.54, 1.807) is 0 Å². The van der Waals surface area contributed by atoms with Crippen molar-refractivity contribution >= 4 is 0 Å². The summed E-state index contributed by atoms with van der Waals surface area (Å²) < 4.78 is 0. The first-order valence-corrected chi connectivity index (χ1v) is 12.7. The molecule has 164 valence electrons. The lowest BCUT2D eigenvalue weighted by Crippen LogP contribution is -2.45. The molecule has 0 amide bonds.